The second-order valence-corrected chi connectivity index (χ2v) is 5.51. The van der Waals surface area contributed by atoms with E-state index in [2.05, 4.69) is 51.1 Å². The van der Waals surface area contributed by atoms with Gasteiger partial charge in [-0.2, -0.15) is 35.1 Å². The van der Waals surface area contributed by atoms with Gasteiger partial charge in [0, 0.05) is 37.4 Å². The second kappa shape index (κ2) is 4.80. The fourth-order valence-corrected chi connectivity index (χ4v) is 3.34. The summed E-state index contributed by atoms with van der Waals surface area (Å²) in [6.45, 7) is 6.45. The van der Waals surface area contributed by atoms with E-state index in [1.54, 1.807) is 0 Å². The Morgan fingerprint density at radius 1 is 0.882 bits per heavy atom. The van der Waals surface area contributed by atoms with Crippen LogP contribution in [0.4, 0.5) is 0 Å². The molecule has 0 N–H and O–H groups in total. The molecule has 0 aliphatic rings. The van der Waals surface area contributed by atoms with Gasteiger partial charge in [0.05, 0.1) is 0 Å². The second-order valence-electron chi connectivity index (χ2n) is 4.43. The van der Waals surface area contributed by atoms with Gasteiger partial charge >= 0.3 is 0 Å². The molecule has 0 nitrogen and oxygen atoms in total. The van der Waals surface area contributed by atoms with E-state index in [-0.39, 0.29) is 32.7 Å². The van der Waals surface area contributed by atoms with Crippen LogP contribution in [0.5, 0.6) is 0 Å². The Bertz CT molecular complexity index is 695. The smallest absolute Gasteiger partial charge is 0.0214 e. The molecule has 0 fully saturated rings. The van der Waals surface area contributed by atoms with E-state index in [1.165, 1.54) is 36.9 Å². The van der Waals surface area contributed by atoms with Gasteiger partial charge in [-0.25, -0.2) is 0 Å². The molecule has 0 amide bonds. The number of hydrogen-bond acceptors (Lipinski definition) is 1. The Morgan fingerprint density at radius 3 is 2.29 bits per heavy atom. The normalized spacial score (nSPS) is 10.8. The molecule has 0 bridgehead atoms. The standard InChI is InChI=1S/C15H13S.Y/c1-9-4-5-12-13-7-10(2)11(3)8-15(13)16-14(12)6-9;/h5-8H,1-3H3;/q-1;. The maximum absolute atomic E-state index is 3.29. The predicted octanol–water partition coefficient (Wildman–Crippen LogP) is 4.78. The van der Waals surface area contributed by atoms with Crippen molar-refractivity contribution in [1.82, 2.24) is 0 Å². The molecule has 0 spiro atoms. The van der Waals surface area contributed by atoms with Crippen molar-refractivity contribution in [1.29, 1.82) is 0 Å². The van der Waals surface area contributed by atoms with Gasteiger partial charge in [0.2, 0.25) is 0 Å². The Kier molecular flexibility index (Phi) is 3.73. The SMILES string of the molecule is Cc1[c-]cc2c(c1)sc1cc(C)c(C)cc12.[Y]. The molecule has 0 saturated carbocycles. The van der Waals surface area contributed by atoms with E-state index in [4.69, 9.17) is 0 Å². The molecule has 3 rings (SSSR count). The van der Waals surface area contributed by atoms with Crippen LogP contribution in [0.1, 0.15) is 16.7 Å². The number of hydrogen-bond donors (Lipinski definition) is 0. The average molecular weight is 314 g/mol. The van der Waals surface area contributed by atoms with Gasteiger partial charge in [0.15, 0.2) is 0 Å². The van der Waals surface area contributed by atoms with E-state index in [1.807, 2.05) is 11.3 Å². The number of rotatable bonds is 0. The molecule has 1 aromatic heterocycles. The topological polar surface area (TPSA) is 0 Å². The van der Waals surface area contributed by atoms with Crippen molar-refractivity contribution < 1.29 is 32.7 Å². The number of benzene rings is 2. The molecule has 0 aliphatic heterocycles. The van der Waals surface area contributed by atoms with E-state index in [0.29, 0.717) is 0 Å². The maximum atomic E-state index is 3.29. The summed E-state index contributed by atoms with van der Waals surface area (Å²) in [5, 5.41) is 2.72. The first-order chi connectivity index (χ1) is 7.65. The molecule has 2 heteroatoms. The Hall–Kier alpha value is -0.236. The van der Waals surface area contributed by atoms with Crippen LogP contribution in [0.3, 0.4) is 0 Å². The minimum absolute atomic E-state index is 0. The van der Waals surface area contributed by atoms with Gasteiger partial charge in [0.25, 0.3) is 0 Å². The monoisotopic (exact) mass is 314 g/mol. The fourth-order valence-electron chi connectivity index (χ4n) is 2.07. The largest absolute Gasteiger partial charge is 0.180 e. The van der Waals surface area contributed by atoms with Crippen molar-refractivity contribution in [2.45, 2.75) is 20.8 Å². The van der Waals surface area contributed by atoms with Crippen LogP contribution in [-0.4, -0.2) is 0 Å². The van der Waals surface area contributed by atoms with E-state index in [9.17, 15) is 0 Å². The van der Waals surface area contributed by atoms with Gasteiger partial charge in [-0.05, 0) is 31.0 Å². The van der Waals surface area contributed by atoms with Crippen LogP contribution < -0.4 is 0 Å². The van der Waals surface area contributed by atoms with Crippen molar-refractivity contribution in [2.24, 2.45) is 0 Å². The molecule has 3 aromatic rings. The van der Waals surface area contributed by atoms with Gasteiger partial charge < -0.3 is 0 Å². The fraction of sp³-hybridized carbons (Fsp3) is 0.200. The summed E-state index contributed by atoms with van der Waals surface area (Å²) in [5.74, 6) is 0. The zero-order valence-corrected chi connectivity index (χ0v) is 13.9. The van der Waals surface area contributed by atoms with E-state index < -0.39 is 0 Å². The molecule has 17 heavy (non-hydrogen) atoms. The first-order valence-corrected chi connectivity index (χ1v) is 6.28. The third kappa shape index (κ3) is 2.21. The van der Waals surface area contributed by atoms with Crippen molar-refractivity contribution in [3.8, 4) is 0 Å². The van der Waals surface area contributed by atoms with Crippen LogP contribution in [0.25, 0.3) is 20.2 Å². The van der Waals surface area contributed by atoms with Crippen LogP contribution in [0, 0.1) is 26.8 Å². The summed E-state index contributed by atoms with van der Waals surface area (Å²) in [4.78, 5) is 0. The molecule has 83 valence electrons. The van der Waals surface area contributed by atoms with Crippen molar-refractivity contribution in [3.05, 3.63) is 47.0 Å². The van der Waals surface area contributed by atoms with Crippen LogP contribution >= 0.6 is 11.3 Å². The first-order valence-electron chi connectivity index (χ1n) is 5.47. The van der Waals surface area contributed by atoms with E-state index >= 15 is 0 Å². The number of thiophene rings is 1. The molecular formula is C15H13SY-. The molecule has 0 unspecified atom stereocenters. The quantitative estimate of drug-likeness (QED) is 0.524. The van der Waals surface area contributed by atoms with Gasteiger partial charge in [-0.3, -0.25) is 0 Å². The molecule has 0 atom stereocenters. The molecule has 0 aliphatic carbocycles. The molecule has 0 saturated heterocycles. The van der Waals surface area contributed by atoms with E-state index in [0.717, 1.165) is 0 Å². The summed E-state index contributed by atoms with van der Waals surface area (Å²) in [6.07, 6.45) is 0. The van der Waals surface area contributed by atoms with Crippen LogP contribution in [0.2, 0.25) is 0 Å². The summed E-state index contributed by atoms with van der Waals surface area (Å²) in [6, 6.07) is 12.2. The molecule has 1 heterocycles. The number of aryl methyl sites for hydroxylation is 3. The zero-order valence-electron chi connectivity index (χ0n) is 10.3. The van der Waals surface area contributed by atoms with Gasteiger partial charge in [0.1, 0.15) is 0 Å². The predicted molar refractivity (Wildman–Crippen MR) is 72.4 cm³/mol. The summed E-state index contributed by atoms with van der Waals surface area (Å²) < 4.78 is 2.76. The first kappa shape index (κ1) is 13.2. The van der Waals surface area contributed by atoms with Crippen molar-refractivity contribution in [2.75, 3.05) is 0 Å². The number of fused-ring (bicyclic) bond motifs is 3. The van der Waals surface area contributed by atoms with Gasteiger partial charge in [-0.1, -0.05) is 23.1 Å². The van der Waals surface area contributed by atoms with Crippen LogP contribution in [-0.2, 0) is 32.7 Å². The minimum atomic E-state index is 0. The summed E-state index contributed by atoms with van der Waals surface area (Å²) >= 11 is 1.88. The third-order valence-electron chi connectivity index (χ3n) is 3.16. The maximum Gasteiger partial charge on any atom is 0.0214 e. The molecular weight excluding hydrogens is 301 g/mol. The Morgan fingerprint density at radius 2 is 1.53 bits per heavy atom. The van der Waals surface area contributed by atoms with Crippen molar-refractivity contribution in [3.63, 3.8) is 0 Å². The summed E-state index contributed by atoms with van der Waals surface area (Å²) in [7, 11) is 0. The zero-order chi connectivity index (χ0) is 11.3. The summed E-state index contributed by atoms with van der Waals surface area (Å²) in [5.41, 5.74) is 3.96. The molecule has 2 aromatic carbocycles. The average Bonchev–Trinajstić information content (AvgIpc) is 2.55. The molecule has 1 radical (unpaired) electrons. The Balaban J connectivity index is 0.00000108. The minimum Gasteiger partial charge on any atom is -0.180 e. The van der Waals surface area contributed by atoms with Crippen LogP contribution in [0.15, 0.2) is 24.3 Å². The Labute approximate surface area is 131 Å². The third-order valence-corrected chi connectivity index (χ3v) is 4.28. The van der Waals surface area contributed by atoms with Gasteiger partial charge in [-0.15, -0.1) is 5.39 Å². The van der Waals surface area contributed by atoms with Crippen molar-refractivity contribution >= 4 is 31.5 Å².